The Morgan fingerprint density at radius 3 is 2.81 bits per heavy atom. The van der Waals surface area contributed by atoms with Crippen LogP contribution in [0.25, 0.3) is 21.5 Å². The van der Waals surface area contributed by atoms with E-state index in [0.717, 1.165) is 27.0 Å². The molecule has 3 nitrogen and oxygen atoms in total. The second-order valence-electron chi connectivity index (χ2n) is 4.59. The number of hydrogen-bond donors (Lipinski definition) is 0. The van der Waals surface area contributed by atoms with Gasteiger partial charge in [0.25, 0.3) is 0 Å². The van der Waals surface area contributed by atoms with Crippen molar-refractivity contribution in [3.8, 4) is 10.6 Å². The number of ether oxygens (including phenoxy) is 1. The molecule has 1 aromatic carbocycles. The number of fused-ring (bicyclic) bond motifs is 1. The number of carbonyl (C=O) groups is 1. The lowest BCUT2D eigenvalue weighted by atomic mass is 10.0. The van der Waals surface area contributed by atoms with E-state index in [-0.39, 0.29) is 5.97 Å². The Morgan fingerprint density at radius 2 is 2.14 bits per heavy atom. The van der Waals surface area contributed by atoms with E-state index in [1.54, 1.807) is 23.5 Å². The van der Waals surface area contributed by atoms with Gasteiger partial charge >= 0.3 is 5.97 Å². The number of carbonyl (C=O) groups excluding carboxylic acids is 1. The number of benzene rings is 1. The minimum atomic E-state index is -0.373. The zero-order valence-electron chi connectivity index (χ0n) is 11.5. The lowest BCUT2D eigenvalue weighted by Gasteiger charge is -2.10. The quantitative estimate of drug-likeness (QED) is 0.642. The highest BCUT2D eigenvalue weighted by Gasteiger charge is 2.16. The van der Waals surface area contributed by atoms with Crippen molar-refractivity contribution in [1.82, 2.24) is 4.98 Å². The van der Waals surface area contributed by atoms with E-state index < -0.39 is 0 Å². The van der Waals surface area contributed by atoms with E-state index >= 15 is 0 Å². The number of esters is 1. The summed E-state index contributed by atoms with van der Waals surface area (Å²) in [5, 5.41) is 3.36. The van der Waals surface area contributed by atoms with Gasteiger partial charge < -0.3 is 4.74 Å². The Balaban J connectivity index is 2.38. The maximum Gasteiger partial charge on any atom is 0.338 e. The number of halogens is 1. The predicted molar refractivity (Wildman–Crippen MR) is 86.1 cm³/mol. The van der Waals surface area contributed by atoms with Gasteiger partial charge in [0.1, 0.15) is 0 Å². The van der Waals surface area contributed by atoms with Gasteiger partial charge in [0.05, 0.1) is 28.8 Å². The van der Waals surface area contributed by atoms with Gasteiger partial charge in [-0.25, -0.2) is 9.78 Å². The topological polar surface area (TPSA) is 39.2 Å². The maximum atomic E-state index is 12.1. The van der Waals surface area contributed by atoms with Crippen molar-refractivity contribution in [3.05, 3.63) is 51.9 Å². The molecule has 0 aliphatic carbocycles. The predicted octanol–water partition coefficient (Wildman–Crippen LogP) is 4.71. The first-order valence-electron chi connectivity index (χ1n) is 6.34. The first-order chi connectivity index (χ1) is 10.1. The molecule has 0 radical (unpaired) electrons. The molecule has 3 aromatic rings. The van der Waals surface area contributed by atoms with Crippen molar-refractivity contribution < 1.29 is 9.53 Å². The van der Waals surface area contributed by atoms with Crippen molar-refractivity contribution in [2.45, 2.75) is 6.92 Å². The van der Waals surface area contributed by atoms with Gasteiger partial charge in [-0.05, 0) is 36.1 Å². The molecule has 0 N–H and O–H groups in total. The summed E-state index contributed by atoms with van der Waals surface area (Å²) in [5.41, 5.74) is 2.85. The molecule has 0 aliphatic heterocycles. The standard InChI is InChI=1S/C16H12ClNO2S/c1-9-12(17)6-5-10-11(16(19)20-2)8-13(18-15(9)10)14-4-3-7-21-14/h3-8H,1-2H3. The molecule has 21 heavy (non-hydrogen) atoms. The lowest BCUT2D eigenvalue weighted by molar-refractivity contribution is 0.0603. The van der Waals surface area contributed by atoms with Crippen LogP contribution in [0.15, 0.2) is 35.7 Å². The lowest BCUT2D eigenvalue weighted by Crippen LogP contribution is -2.04. The second kappa shape index (κ2) is 5.47. The molecular weight excluding hydrogens is 306 g/mol. The van der Waals surface area contributed by atoms with Crippen molar-refractivity contribution in [1.29, 1.82) is 0 Å². The molecule has 2 heterocycles. The van der Waals surface area contributed by atoms with Crippen LogP contribution in [0.5, 0.6) is 0 Å². The number of pyridine rings is 1. The number of aryl methyl sites for hydroxylation is 1. The maximum absolute atomic E-state index is 12.1. The fourth-order valence-electron chi connectivity index (χ4n) is 2.23. The van der Waals surface area contributed by atoms with Gasteiger partial charge in [-0.2, -0.15) is 0 Å². The number of nitrogens with zero attached hydrogens (tertiary/aromatic N) is 1. The molecule has 0 amide bonds. The highest BCUT2D eigenvalue weighted by Crippen LogP contribution is 2.31. The van der Waals surface area contributed by atoms with Crippen LogP contribution < -0.4 is 0 Å². The molecule has 0 saturated carbocycles. The molecule has 0 saturated heterocycles. The van der Waals surface area contributed by atoms with E-state index in [1.807, 2.05) is 30.5 Å². The molecule has 0 fully saturated rings. The third-order valence-corrected chi connectivity index (χ3v) is 4.65. The second-order valence-corrected chi connectivity index (χ2v) is 5.95. The minimum Gasteiger partial charge on any atom is -0.465 e. The Bertz CT molecular complexity index is 828. The first-order valence-corrected chi connectivity index (χ1v) is 7.59. The molecular formula is C16H12ClNO2S. The van der Waals surface area contributed by atoms with E-state index in [1.165, 1.54) is 7.11 Å². The Hall–Kier alpha value is -1.91. The van der Waals surface area contributed by atoms with Crippen LogP contribution in [0.3, 0.4) is 0 Å². The third-order valence-electron chi connectivity index (χ3n) is 3.35. The molecule has 0 unspecified atom stereocenters. The summed E-state index contributed by atoms with van der Waals surface area (Å²) in [6.45, 7) is 1.90. The smallest absolute Gasteiger partial charge is 0.338 e. The average molecular weight is 318 g/mol. The zero-order valence-corrected chi connectivity index (χ0v) is 13.1. The fourth-order valence-corrected chi connectivity index (χ4v) is 3.07. The molecule has 2 aromatic heterocycles. The van der Waals surface area contributed by atoms with Gasteiger partial charge in [0.2, 0.25) is 0 Å². The number of aromatic nitrogens is 1. The van der Waals surface area contributed by atoms with Crippen molar-refractivity contribution in [3.63, 3.8) is 0 Å². The average Bonchev–Trinajstić information content (AvgIpc) is 3.03. The van der Waals surface area contributed by atoms with Gasteiger partial charge in [-0.15, -0.1) is 11.3 Å². The van der Waals surface area contributed by atoms with Gasteiger partial charge in [0, 0.05) is 10.4 Å². The fraction of sp³-hybridized carbons (Fsp3) is 0.125. The summed E-state index contributed by atoms with van der Waals surface area (Å²) in [5.74, 6) is -0.373. The number of hydrogen-bond acceptors (Lipinski definition) is 4. The van der Waals surface area contributed by atoms with E-state index in [4.69, 9.17) is 16.3 Å². The Kier molecular flexibility index (Phi) is 3.66. The van der Waals surface area contributed by atoms with Crippen LogP contribution in [0, 0.1) is 6.92 Å². The molecule has 5 heteroatoms. The minimum absolute atomic E-state index is 0.373. The summed E-state index contributed by atoms with van der Waals surface area (Å²) in [6, 6.07) is 9.28. The van der Waals surface area contributed by atoms with Gasteiger partial charge in [0.15, 0.2) is 0 Å². The van der Waals surface area contributed by atoms with E-state index in [9.17, 15) is 4.79 Å². The molecule has 0 aliphatic rings. The normalized spacial score (nSPS) is 10.8. The third kappa shape index (κ3) is 2.41. The SMILES string of the molecule is COC(=O)c1cc(-c2cccs2)nc2c(C)c(Cl)ccc12. The summed E-state index contributed by atoms with van der Waals surface area (Å²) >= 11 is 7.75. The molecule has 0 atom stereocenters. The number of rotatable bonds is 2. The largest absolute Gasteiger partial charge is 0.465 e. The van der Waals surface area contributed by atoms with E-state index in [0.29, 0.717) is 10.6 Å². The van der Waals surface area contributed by atoms with E-state index in [2.05, 4.69) is 4.98 Å². The van der Waals surface area contributed by atoms with Crippen molar-refractivity contribution in [2.24, 2.45) is 0 Å². The molecule has 106 valence electrons. The highest BCUT2D eigenvalue weighted by molar-refractivity contribution is 7.13. The van der Waals surface area contributed by atoms with Crippen LogP contribution in [0.2, 0.25) is 5.02 Å². The van der Waals surface area contributed by atoms with Crippen molar-refractivity contribution in [2.75, 3.05) is 7.11 Å². The monoisotopic (exact) mass is 317 g/mol. The summed E-state index contributed by atoms with van der Waals surface area (Å²) in [7, 11) is 1.38. The van der Waals surface area contributed by atoms with Crippen LogP contribution in [-0.4, -0.2) is 18.1 Å². The Labute approximate surface area is 131 Å². The molecule has 0 bridgehead atoms. The van der Waals surface area contributed by atoms with Crippen LogP contribution >= 0.6 is 22.9 Å². The summed E-state index contributed by atoms with van der Waals surface area (Å²) in [4.78, 5) is 17.7. The first kappa shape index (κ1) is 14.0. The molecule has 0 spiro atoms. The highest BCUT2D eigenvalue weighted by atomic mass is 35.5. The molecule has 3 rings (SSSR count). The zero-order chi connectivity index (χ0) is 15.0. The van der Waals surface area contributed by atoms with Gasteiger partial charge in [-0.3, -0.25) is 0 Å². The number of methoxy groups -OCH3 is 1. The number of thiophene rings is 1. The summed E-state index contributed by atoms with van der Waals surface area (Å²) < 4.78 is 4.89. The van der Waals surface area contributed by atoms with Gasteiger partial charge in [-0.1, -0.05) is 23.7 Å². The van der Waals surface area contributed by atoms with Crippen LogP contribution in [-0.2, 0) is 4.74 Å². The van der Waals surface area contributed by atoms with Crippen LogP contribution in [0.1, 0.15) is 15.9 Å². The summed E-state index contributed by atoms with van der Waals surface area (Å²) in [6.07, 6.45) is 0. The van der Waals surface area contributed by atoms with Crippen molar-refractivity contribution >= 4 is 39.8 Å². The van der Waals surface area contributed by atoms with Crippen LogP contribution in [0.4, 0.5) is 0 Å². The Morgan fingerprint density at radius 1 is 1.33 bits per heavy atom.